The van der Waals surface area contributed by atoms with E-state index in [4.69, 9.17) is 4.43 Å². The highest BCUT2D eigenvalue weighted by molar-refractivity contribution is 6.99. The number of carbonyl (C=O) groups is 2. The standard InChI is InChI=1S/C48H56N2O6Si/c1-48(2,3)57(38-17-9-5-10-18-38,39-19-11-6-12-20-39)56-32-35-30-40-45(47(55)50(46(40)54)36-15-7-4-8-16-36)41(31-51)44(35)43(53)27-24-34(42-21-13-14-28-49-42)29-33-22-25-37(52)26-23-33/h5-6,9-14,17-23,25-26,28-29,36,40-41,43,45,51-53H,4,7-8,15-16,24,27,30-32H2,1-3H3/b34-29-/t40-,41+,43-,45-/m1/s1. The molecule has 2 amide bonds. The van der Waals surface area contributed by atoms with Crippen LogP contribution in [0.5, 0.6) is 5.75 Å². The topological polar surface area (TPSA) is 120 Å². The fraction of sp³-hybridized carbons (Fsp3) is 0.396. The van der Waals surface area contributed by atoms with Crippen molar-refractivity contribution in [3.63, 3.8) is 0 Å². The number of benzene rings is 3. The van der Waals surface area contributed by atoms with Crippen LogP contribution in [0.4, 0.5) is 0 Å². The summed E-state index contributed by atoms with van der Waals surface area (Å²) in [5.74, 6) is -2.29. The highest BCUT2D eigenvalue weighted by Crippen LogP contribution is 2.48. The number of pyridine rings is 1. The average molecular weight is 785 g/mol. The molecule has 4 atom stereocenters. The van der Waals surface area contributed by atoms with Gasteiger partial charge in [-0.2, -0.15) is 0 Å². The molecular formula is C48H56N2O6Si. The fourth-order valence-corrected chi connectivity index (χ4v) is 14.4. The molecule has 1 aromatic heterocycles. The normalized spacial score (nSPS) is 21.5. The van der Waals surface area contributed by atoms with Crippen molar-refractivity contribution in [3.05, 3.63) is 132 Å². The van der Waals surface area contributed by atoms with Gasteiger partial charge in [0, 0.05) is 18.2 Å². The summed E-state index contributed by atoms with van der Waals surface area (Å²) < 4.78 is 7.45. The van der Waals surface area contributed by atoms with E-state index in [2.05, 4.69) is 50.0 Å². The molecule has 3 aliphatic rings. The van der Waals surface area contributed by atoms with Gasteiger partial charge in [-0.25, -0.2) is 0 Å². The maximum atomic E-state index is 14.4. The third-order valence-corrected chi connectivity index (χ3v) is 17.5. The minimum absolute atomic E-state index is 0.125. The number of likely N-dealkylation sites (tertiary alicyclic amines) is 1. The van der Waals surface area contributed by atoms with Crippen LogP contribution in [-0.2, 0) is 14.0 Å². The Morgan fingerprint density at radius 2 is 1.51 bits per heavy atom. The molecule has 4 aromatic rings. The van der Waals surface area contributed by atoms with Gasteiger partial charge >= 0.3 is 0 Å². The van der Waals surface area contributed by atoms with Crippen molar-refractivity contribution in [1.82, 2.24) is 9.88 Å². The number of phenolic OH excluding ortho intramolecular Hbond substituents is 1. The number of fused-ring (bicyclic) bond motifs is 1. The summed E-state index contributed by atoms with van der Waals surface area (Å²) in [4.78, 5) is 35.0. The molecule has 0 bridgehead atoms. The number of aliphatic hydroxyl groups is 2. The van der Waals surface area contributed by atoms with Gasteiger partial charge in [0.2, 0.25) is 11.8 Å². The molecule has 0 spiro atoms. The molecule has 3 N–H and O–H groups in total. The highest BCUT2D eigenvalue weighted by Gasteiger charge is 2.57. The number of rotatable bonds is 13. The zero-order valence-corrected chi connectivity index (χ0v) is 34.4. The number of aliphatic hydroxyl groups excluding tert-OH is 2. The molecule has 0 radical (unpaired) electrons. The fourth-order valence-electron chi connectivity index (χ4n) is 9.82. The first kappa shape index (κ1) is 40.5. The average Bonchev–Trinajstić information content (AvgIpc) is 3.48. The summed E-state index contributed by atoms with van der Waals surface area (Å²) in [7, 11) is -3.04. The van der Waals surface area contributed by atoms with Gasteiger partial charge in [0.1, 0.15) is 5.75 Å². The molecule has 3 aromatic carbocycles. The van der Waals surface area contributed by atoms with Crippen molar-refractivity contribution >= 4 is 42.2 Å². The van der Waals surface area contributed by atoms with E-state index in [0.717, 1.165) is 64.9 Å². The van der Waals surface area contributed by atoms with Crippen molar-refractivity contribution in [3.8, 4) is 5.75 Å². The van der Waals surface area contributed by atoms with E-state index in [0.29, 0.717) is 18.4 Å². The van der Waals surface area contributed by atoms with Crippen molar-refractivity contribution < 1.29 is 29.3 Å². The lowest BCUT2D eigenvalue weighted by molar-refractivity contribution is -0.143. The first-order chi connectivity index (χ1) is 27.5. The van der Waals surface area contributed by atoms with Gasteiger partial charge < -0.3 is 19.7 Å². The summed E-state index contributed by atoms with van der Waals surface area (Å²) in [6, 6.07) is 33.3. The Labute approximate surface area is 338 Å². The summed E-state index contributed by atoms with van der Waals surface area (Å²) in [5, 5.41) is 35.6. The minimum atomic E-state index is -3.04. The second-order valence-corrected chi connectivity index (χ2v) is 21.3. The molecule has 2 aliphatic carbocycles. The van der Waals surface area contributed by atoms with Crippen LogP contribution in [0.25, 0.3) is 11.6 Å². The quantitative estimate of drug-likeness (QED) is 0.0741. The predicted octanol–water partition coefficient (Wildman–Crippen LogP) is 7.29. The number of aromatic hydroxyl groups is 1. The Kier molecular flexibility index (Phi) is 12.4. The lowest BCUT2D eigenvalue weighted by Gasteiger charge is -2.44. The Balaban J connectivity index is 1.29. The molecule has 8 nitrogen and oxygen atoms in total. The molecule has 7 rings (SSSR count). The number of imide groups is 1. The molecule has 1 aliphatic heterocycles. The molecule has 0 unspecified atom stereocenters. The van der Waals surface area contributed by atoms with Gasteiger partial charge in [0.05, 0.1) is 36.8 Å². The molecule has 1 saturated heterocycles. The van der Waals surface area contributed by atoms with Gasteiger partial charge in [-0.05, 0) is 100 Å². The number of hydrogen-bond donors (Lipinski definition) is 3. The molecule has 2 heterocycles. The maximum Gasteiger partial charge on any atom is 0.261 e. The van der Waals surface area contributed by atoms with E-state index in [-0.39, 0.29) is 48.3 Å². The van der Waals surface area contributed by atoms with Gasteiger partial charge in [-0.15, -0.1) is 0 Å². The van der Waals surface area contributed by atoms with Gasteiger partial charge in [0.15, 0.2) is 0 Å². The minimum Gasteiger partial charge on any atom is -0.508 e. The van der Waals surface area contributed by atoms with Crippen LogP contribution in [0.15, 0.2) is 120 Å². The SMILES string of the molecule is CC(C)(C)[Si](OCC1=C([C@H](O)CC/C(=C/c2ccc(O)cc2)c2ccccn2)[C@H](CO)[C@@H]2C(=O)N(C3CCCCC3)C(=O)[C@@H]2C1)(c1ccccc1)c1ccccc1. The highest BCUT2D eigenvalue weighted by atomic mass is 28.4. The number of hydrogen-bond acceptors (Lipinski definition) is 7. The number of allylic oxidation sites excluding steroid dienone is 1. The molecule has 298 valence electrons. The van der Waals surface area contributed by atoms with Crippen molar-refractivity contribution in [2.75, 3.05) is 13.2 Å². The predicted molar refractivity (Wildman–Crippen MR) is 227 cm³/mol. The number of amides is 2. The number of aromatic nitrogens is 1. The van der Waals surface area contributed by atoms with Gasteiger partial charge in [-0.1, -0.05) is 119 Å². The Morgan fingerprint density at radius 3 is 2.09 bits per heavy atom. The second-order valence-electron chi connectivity index (χ2n) is 17.0. The largest absolute Gasteiger partial charge is 0.508 e. The van der Waals surface area contributed by atoms with E-state index < -0.39 is 32.2 Å². The van der Waals surface area contributed by atoms with Crippen LogP contribution < -0.4 is 10.4 Å². The first-order valence-electron chi connectivity index (χ1n) is 20.6. The molecule has 9 heteroatoms. The van der Waals surface area contributed by atoms with Gasteiger partial charge in [-0.3, -0.25) is 19.5 Å². The van der Waals surface area contributed by atoms with E-state index in [1.54, 1.807) is 18.3 Å². The summed E-state index contributed by atoms with van der Waals surface area (Å²) in [5.41, 5.74) is 3.96. The van der Waals surface area contributed by atoms with Crippen LogP contribution in [0.1, 0.15) is 83.4 Å². The van der Waals surface area contributed by atoms with Crippen LogP contribution in [0.3, 0.4) is 0 Å². The molecule has 2 fully saturated rings. The van der Waals surface area contributed by atoms with Crippen molar-refractivity contribution in [2.24, 2.45) is 17.8 Å². The van der Waals surface area contributed by atoms with E-state index in [9.17, 15) is 24.9 Å². The van der Waals surface area contributed by atoms with E-state index in [1.165, 1.54) is 4.90 Å². The number of nitrogens with zero attached hydrogens (tertiary/aromatic N) is 2. The molecule has 1 saturated carbocycles. The third kappa shape index (κ3) is 8.21. The first-order valence-corrected chi connectivity index (χ1v) is 22.5. The van der Waals surface area contributed by atoms with Crippen molar-refractivity contribution in [2.45, 2.75) is 89.3 Å². The monoisotopic (exact) mass is 784 g/mol. The number of carbonyl (C=O) groups excluding carboxylic acids is 2. The number of phenols is 1. The lowest BCUT2D eigenvalue weighted by atomic mass is 9.68. The van der Waals surface area contributed by atoms with Crippen LogP contribution >= 0.6 is 0 Å². The third-order valence-electron chi connectivity index (χ3n) is 12.5. The summed E-state index contributed by atoms with van der Waals surface area (Å²) in [6.07, 6.45) is 8.42. The lowest BCUT2D eigenvalue weighted by Crippen LogP contribution is -2.66. The zero-order valence-electron chi connectivity index (χ0n) is 33.4. The maximum absolute atomic E-state index is 14.4. The van der Waals surface area contributed by atoms with Crippen molar-refractivity contribution in [1.29, 1.82) is 0 Å². The Hall–Kier alpha value is -4.67. The van der Waals surface area contributed by atoms with Gasteiger partial charge in [0.25, 0.3) is 8.32 Å². The summed E-state index contributed by atoms with van der Waals surface area (Å²) >= 11 is 0. The van der Waals surface area contributed by atoms with E-state index in [1.807, 2.05) is 72.8 Å². The van der Waals surface area contributed by atoms with Crippen LogP contribution in [-0.4, -0.2) is 70.7 Å². The smallest absolute Gasteiger partial charge is 0.261 e. The Bertz CT molecular complexity index is 2020. The molecular weight excluding hydrogens is 729 g/mol. The van der Waals surface area contributed by atoms with Crippen LogP contribution in [0.2, 0.25) is 5.04 Å². The Morgan fingerprint density at radius 1 is 0.877 bits per heavy atom. The van der Waals surface area contributed by atoms with Crippen LogP contribution in [0, 0.1) is 17.8 Å². The summed E-state index contributed by atoms with van der Waals surface area (Å²) in [6.45, 7) is 6.44. The molecule has 57 heavy (non-hydrogen) atoms. The van der Waals surface area contributed by atoms with E-state index >= 15 is 0 Å². The zero-order chi connectivity index (χ0) is 40.2. The second kappa shape index (κ2) is 17.4.